The molecule has 1 aromatic heterocycles. The first-order chi connectivity index (χ1) is 12.5. The van der Waals surface area contributed by atoms with Gasteiger partial charge in [-0.2, -0.15) is 0 Å². The Kier molecular flexibility index (Phi) is 5.61. The van der Waals surface area contributed by atoms with Gasteiger partial charge >= 0.3 is 5.97 Å². The predicted octanol–water partition coefficient (Wildman–Crippen LogP) is 3.80. The molecule has 0 fully saturated rings. The van der Waals surface area contributed by atoms with Crippen molar-refractivity contribution in [2.75, 3.05) is 30.4 Å². The first-order valence-electron chi connectivity index (χ1n) is 8.87. The summed E-state index contributed by atoms with van der Waals surface area (Å²) in [6, 6.07) is 8.17. The number of esters is 1. The summed E-state index contributed by atoms with van der Waals surface area (Å²) in [4.78, 5) is 27.7. The van der Waals surface area contributed by atoms with Crippen LogP contribution in [0.2, 0.25) is 0 Å². The van der Waals surface area contributed by atoms with Gasteiger partial charge in [-0.15, -0.1) is 11.3 Å². The number of hydrogen-bond donors (Lipinski definition) is 1. The molecule has 1 aromatic carbocycles. The van der Waals surface area contributed by atoms with Crippen LogP contribution in [-0.4, -0.2) is 32.1 Å². The number of carbonyl (C=O) groups is 2. The minimum Gasteiger partial charge on any atom is -0.465 e. The van der Waals surface area contributed by atoms with E-state index in [-0.39, 0.29) is 12.5 Å². The number of nitrogens with one attached hydrogen (secondary N) is 1. The first-order valence-corrected chi connectivity index (χ1v) is 9.68. The minimum absolute atomic E-state index is 0.118. The third-order valence-corrected chi connectivity index (χ3v) is 5.77. The molecule has 6 heteroatoms. The maximum absolute atomic E-state index is 12.6. The number of carbonyl (C=O) groups excluding carboxylic acids is 2. The number of rotatable bonds is 5. The summed E-state index contributed by atoms with van der Waals surface area (Å²) in [5, 5.41) is 3.48. The van der Waals surface area contributed by atoms with E-state index in [2.05, 4.69) is 35.3 Å². The number of aryl methyl sites for hydroxylation is 3. The molecule has 138 valence electrons. The van der Waals surface area contributed by atoms with Crippen molar-refractivity contribution in [2.45, 2.75) is 33.1 Å². The highest BCUT2D eigenvalue weighted by molar-refractivity contribution is 7.16. The summed E-state index contributed by atoms with van der Waals surface area (Å²) in [7, 11) is 1.35. The zero-order valence-electron chi connectivity index (χ0n) is 15.4. The lowest BCUT2D eigenvalue weighted by molar-refractivity contribution is -0.115. The van der Waals surface area contributed by atoms with Gasteiger partial charge in [-0.3, -0.25) is 4.79 Å². The van der Waals surface area contributed by atoms with Gasteiger partial charge in [0.25, 0.3) is 0 Å². The first kappa shape index (κ1) is 18.5. The number of anilines is 2. The molecule has 0 bridgehead atoms. The fraction of sp³-hybridized carbons (Fsp3) is 0.400. The second kappa shape index (κ2) is 7.91. The van der Waals surface area contributed by atoms with Gasteiger partial charge in [-0.05, 0) is 43.9 Å². The van der Waals surface area contributed by atoms with Crippen LogP contribution in [0.25, 0.3) is 0 Å². The molecule has 0 aliphatic carbocycles. The second-order valence-electron chi connectivity index (χ2n) is 6.51. The largest absolute Gasteiger partial charge is 0.465 e. The Morgan fingerprint density at radius 2 is 2.12 bits per heavy atom. The third kappa shape index (κ3) is 3.90. The lowest BCUT2D eigenvalue weighted by Crippen LogP contribution is -2.36. The molecule has 3 rings (SSSR count). The number of fused-ring (bicyclic) bond motifs is 1. The quantitative estimate of drug-likeness (QED) is 0.811. The van der Waals surface area contributed by atoms with Crippen molar-refractivity contribution in [3.8, 4) is 0 Å². The molecule has 0 radical (unpaired) electrons. The van der Waals surface area contributed by atoms with E-state index in [1.54, 1.807) is 6.07 Å². The number of thiophene rings is 1. The average molecular weight is 372 g/mol. The zero-order chi connectivity index (χ0) is 18.7. The summed E-state index contributed by atoms with van der Waals surface area (Å²) in [6.45, 7) is 5.24. The van der Waals surface area contributed by atoms with E-state index < -0.39 is 5.97 Å². The molecule has 1 amide bonds. The molecule has 1 aliphatic rings. The topological polar surface area (TPSA) is 58.6 Å². The molecule has 0 saturated heterocycles. The third-order valence-electron chi connectivity index (χ3n) is 4.57. The molecule has 2 aromatic rings. The van der Waals surface area contributed by atoms with E-state index in [1.807, 2.05) is 6.92 Å². The summed E-state index contributed by atoms with van der Waals surface area (Å²) in [5.41, 5.74) is 4.09. The van der Waals surface area contributed by atoms with Crippen molar-refractivity contribution in [1.29, 1.82) is 0 Å². The number of nitrogens with zero attached hydrogens (tertiary/aromatic N) is 1. The monoisotopic (exact) mass is 372 g/mol. The van der Waals surface area contributed by atoms with Crippen LogP contribution in [-0.2, 0) is 22.4 Å². The van der Waals surface area contributed by atoms with E-state index in [1.165, 1.54) is 29.6 Å². The summed E-state index contributed by atoms with van der Waals surface area (Å²) in [6.07, 6.45) is 2.89. The van der Waals surface area contributed by atoms with Crippen LogP contribution >= 0.6 is 11.3 Å². The molecule has 1 aliphatic heterocycles. The van der Waals surface area contributed by atoms with Gasteiger partial charge < -0.3 is 15.0 Å². The molecule has 0 saturated carbocycles. The Balaban J connectivity index is 1.75. The van der Waals surface area contributed by atoms with Crippen LogP contribution < -0.4 is 10.2 Å². The standard InChI is InChI=1S/C20H24N2O3S/c1-4-15-11-16(20(24)25-3)19(26-15)21-18(23)12-22-9-5-6-14-10-13(2)7-8-17(14)22/h7-8,10-11H,4-6,9,12H2,1-3H3,(H,21,23). The van der Waals surface area contributed by atoms with E-state index in [9.17, 15) is 9.59 Å². The van der Waals surface area contributed by atoms with E-state index in [0.29, 0.717) is 10.6 Å². The van der Waals surface area contributed by atoms with Crippen molar-refractivity contribution in [1.82, 2.24) is 0 Å². The van der Waals surface area contributed by atoms with Crippen LogP contribution in [0.1, 0.15) is 39.7 Å². The number of methoxy groups -OCH3 is 1. The van der Waals surface area contributed by atoms with Crippen molar-refractivity contribution in [2.24, 2.45) is 0 Å². The molecule has 1 N–H and O–H groups in total. The fourth-order valence-electron chi connectivity index (χ4n) is 3.28. The lowest BCUT2D eigenvalue weighted by atomic mass is 9.99. The molecular weight excluding hydrogens is 348 g/mol. The summed E-state index contributed by atoms with van der Waals surface area (Å²) < 4.78 is 4.83. The van der Waals surface area contributed by atoms with Gasteiger partial charge in [0, 0.05) is 17.1 Å². The van der Waals surface area contributed by atoms with Crippen molar-refractivity contribution in [3.05, 3.63) is 45.8 Å². The van der Waals surface area contributed by atoms with Crippen molar-refractivity contribution < 1.29 is 14.3 Å². The maximum Gasteiger partial charge on any atom is 0.340 e. The Labute approximate surface area is 158 Å². The van der Waals surface area contributed by atoms with E-state index in [0.717, 1.165) is 36.4 Å². The summed E-state index contributed by atoms with van der Waals surface area (Å²) in [5.74, 6) is -0.539. The molecular formula is C20H24N2O3S. The Morgan fingerprint density at radius 1 is 1.31 bits per heavy atom. The summed E-state index contributed by atoms with van der Waals surface area (Å²) >= 11 is 1.43. The molecule has 26 heavy (non-hydrogen) atoms. The van der Waals surface area contributed by atoms with E-state index in [4.69, 9.17) is 4.74 Å². The van der Waals surface area contributed by atoms with Crippen molar-refractivity contribution in [3.63, 3.8) is 0 Å². The van der Waals surface area contributed by atoms with Crippen LogP contribution in [0.15, 0.2) is 24.3 Å². The zero-order valence-corrected chi connectivity index (χ0v) is 16.2. The van der Waals surface area contributed by atoms with E-state index >= 15 is 0 Å². The number of ether oxygens (including phenoxy) is 1. The van der Waals surface area contributed by atoms with Gasteiger partial charge in [0.05, 0.1) is 19.2 Å². The second-order valence-corrected chi connectivity index (χ2v) is 7.64. The van der Waals surface area contributed by atoms with Gasteiger partial charge in [0.15, 0.2) is 0 Å². The number of hydrogen-bond acceptors (Lipinski definition) is 5. The smallest absolute Gasteiger partial charge is 0.340 e. The molecule has 0 atom stereocenters. The van der Waals surface area contributed by atoms with Gasteiger partial charge in [0.2, 0.25) is 5.91 Å². The van der Waals surface area contributed by atoms with Crippen molar-refractivity contribution >= 4 is 33.9 Å². The highest BCUT2D eigenvalue weighted by atomic mass is 32.1. The van der Waals surface area contributed by atoms with Crippen LogP contribution in [0.5, 0.6) is 0 Å². The SMILES string of the molecule is CCc1cc(C(=O)OC)c(NC(=O)CN2CCCc3cc(C)ccc32)s1. The van der Waals surface area contributed by atoms with Crippen LogP contribution in [0.3, 0.4) is 0 Å². The van der Waals surface area contributed by atoms with Gasteiger partial charge in [-0.1, -0.05) is 24.6 Å². The molecule has 5 nitrogen and oxygen atoms in total. The average Bonchev–Trinajstić information content (AvgIpc) is 3.03. The lowest BCUT2D eigenvalue weighted by Gasteiger charge is -2.31. The molecule has 2 heterocycles. The minimum atomic E-state index is -0.421. The molecule has 0 spiro atoms. The number of amides is 1. The van der Waals surface area contributed by atoms with Crippen LogP contribution in [0.4, 0.5) is 10.7 Å². The molecule has 0 unspecified atom stereocenters. The predicted molar refractivity (Wildman–Crippen MR) is 105 cm³/mol. The van der Waals surface area contributed by atoms with Gasteiger partial charge in [-0.25, -0.2) is 4.79 Å². The highest BCUT2D eigenvalue weighted by Gasteiger charge is 2.22. The Hall–Kier alpha value is -2.34. The Bertz CT molecular complexity index is 828. The Morgan fingerprint density at radius 3 is 2.85 bits per heavy atom. The highest BCUT2D eigenvalue weighted by Crippen LogP contribution is 2.30. The van der Waals surface area contributed by atoms with Gasteiger partial charge in [0.1, 0.15) is 5.00 Å². The van der Waals surface area contributed by atoms with Crippen LogP contribution in [0, 0.1) is 6.92 Å². The number of benzene rings is 1. The normalized spacial score (nSPS) is 13.3. The fourth-order valence-corrected chi connectivity index (χ4v) is 4.28. The maximum atomic E-state index is 12.6.